The highest BCUT2D eigenvalue weighted by Gasteiger charge is 2.21. The molecule has 0 fully saturated rings. The fourth-order valence-corrected chi connectivity index (χ4v) is 4.30. The number of nitrogens with one attached hydrogen (secondary N) is 1. The van der Waals surface area contributed by atoms with Crippen LogP contribution in [0.25, 0.3) is 0 Å². The lowest BCUT2D eigenvalue weighted by Gasteiger charge is -2.13. The zero-order valence-corrected chi connectivity index (χ0v) is 14.7. The highest BCUT2D eigenvalue weighted by molar-refractivity contribution is 14.1. The molecule has 0 radical (unpaired) electrons. The summed E-state index contributed by atoms with van der Waals surface area (Å²) in [5.74, 6) is -1.15. The molecule has 0 saturated carbocycles. The monoisotopic (exact) mass is 437 g/mol. The maximum atomic E-state index is 12.3. The Kier molecular flexibility index (Phi) is 5.02. The van der Waals surface area contributed by atoms with Crippen LogP contribution in [-0.2, 0) is 10.0 Å². The number of carboxylic acid groups (broad SMARTS) is 1. The van der Waals surface area contributed by atoms with Gasteiger partial charge in [-0.1, -0.05) is 0 Å². The lowest BCUT2D eigenvalue weighted by molar-refractivity contribution is 0.0695. The van der Waals surface area contributed by atoms with Crippen molar-refractivity contribution in [2.75, 3.05) is 0 Å². The van der Waals surface area contributed by atoms with Crippen LogP contribution in [0.2, 0.25) is 0 Å². The number of sulfonamides is 1. The Bertz CT molecular complexity index is 756. The quantitative estimate of drug-likeness (QED) is 0.705. The van der Waals surface area contributed by atoms with E-state index in [-0.39, 0.29) is 16.5 Å². The Morgan fingerprint density at radius 1 is 1.38 bits per heavy atom. The van der Waals surface area contributed by atoms with E-state index in [1.54, 1.807) is 6.92 Å². The minimum atomic E-state index is -3.77. The molecule has 0 aliphatic heterocycles. The molecule has 1 atom stereocenters. The molecule has 2 rings (SSSR count). The summed E-state index contributed by atoms with van der Waals surface area (Å²) in [5, 5.41) is 12.8. The largest absolute Gasteiger partial charge is 0.478 e. The number of halogens is 1. The van der Waals surface area contributed by atoms with Crippen molar-refractivity contribution in [3.63, 3.8) is 0 Å². The molecule has 0 saturated heterocycles. The lowest BCUT2D eigenvalue weighted by atomic mass is 10.2. The maximum absolute atomic E-state index is 12.3. The topological polar surface area (TPSA) is 83.5 Å². The second-order valence-electron chi connectivity index (χ2n) is 4.35. The van der Waals surface area contributed by atoms with Crippen LogP contribution in [0, 0.1) is 3.57 Å². The molecule has 2 aromatic rings. The maximum Gasteiger partial charge on any atom is 0.336 e. The number of benzene rings is 1. The van der Waals surface area contributed by atoms with Gasteiger partial charge in [-0.15, -0.1) is 0 Å². The van der Waals surface area contributed by atoms with Crippen molar-refractivity contribution in [2.45, 2.75) is 17.9 Å². The van der Waals surface area contributed by atoms with Gasteiger partial charge in [0.15, 0.2) is 0 Å². The smallest absolute Gasteiger partial charge is 0.336 e. The number of carbonyl (C=O) groups is 1. The molecule has 0 amide bonds. The van der Waals surface area contributed by atoms with Crippen LogP contribution in [0.4, 0.5) is 0 Å². The average Bonchev–Trinajstić information content (AvgIpc) is 2.92. The van der Waals surface area contributed by atoms with Gasteiger partial charge in [-0.2, -0.15) is 11.3 Å². The number of aromatic carboxylic acids is 1. The first-order valence-corrected chi connectivity index (χ1v) is 9.39. The molecule has 0 aliphatic rings. The molecule has 0 aliphatic carbocycles. The van der Waals surface area contributed by atoms with Crippen LogP contribution >= 0.6 is 33.9 Å². The van der Waals surface area contributed by atoms with Crippen molar-refractivity contribution < 1.29 is 18.3 Å². The van der Waals surface area contributed by atoms with Gasteiger partial charge in [0.2, 0.25) is 10.0 Å². The minimum Gasteiger partial charge on any atom is -0.478 e. The van der Waals surface area contributed by atoms with Crippen LogP contribution < -0.4 is 4.72 Å². The zero-order chi connectivity index (χ0) is 15.6. The van der Waals surface area contributed by atoms with E-state index >= 15 is 0 Å². The molecule has 1 aromatic heterocycles. The third kappa shape index (κ3) is 3.82. The van der Waals surface area contributed by atoms with E-state index in [2.05, 4.69) is 4.72 Å². The first-order chi connectivity index (χ1) is 9.81. The highest BCUT2D eigenvalue weighted by Crippen LogP contribution is 2.21. The van der Waals surface area contributed by atoms with Crippen molar-refractivity contribution >= 4 is 49.9 Å². The number of rotatable bonds is 5. The van der Waals surface area contributed by atoms with Crippen molar-refractivity contribution in [2.24, 2.45) is 0 Å². The number of carboxylic acids is 1. The Balaban J connectivity index is 2.32. The Labute approximate surface area is 140 Å². The van der Waals surface area contributed by atoms with Gasteiger partial charge < -0.3 is 5.11 Å². The lowest BCUT2D eigenvalue weighted by Crippen LogP contribution is -2.27. The Hall–Kier alpha value is -0.970. The van der Waals surface area contributed by atoms with E-state index in [1.807, 2.05) is 39.4 Å². The standard InChI is InChI=1S/C13H12INO4S2/c1-8(9-4-5-20-7-9)15-21(18,19)10-2-3-12(14)11(6-10)13(16)17/h2-8,15H,1H3,(H,16,17). The summed E-state index contributed by atoms with van der Waals surface area (Å²) >= 11 is 3.34. The van der Waals surface area contributed by atoms with Gasteiger partial charge >= 0.3 is 5.97 Å². The van der Waals surface area contributed by atoms with Crippen molar-refractivity contribution in [1.29, 1.82) is 0 Å². The third-order valence-corrected chi connectivity index (χ3v) is 6.03. The first kappa shape index (κ1) is 16.4. The molecule has 1 aromatic carbocycles. The fraction of sp³-hybridized carbons (Fsp3) is 0.154. The molecular formula is C13H12INO4S2. The van der Waals surface area contributed by atoms with Gasteiger partial charge in [0.05, 0.1) is 10.5 Å². The second kappa shape index (κ2) is 6.42. The van der Waals surface area contributed by atoms with Gasteiger partial charge in [0.1, 0.15) is 0 Å². The van der Waals surface area contributed by atoms with Gasteiger partial charge in [-0.25, -0.2) is 17.9 Å². The summed E-state index contributed by atoms with van der Waals surface area (Å²) < 4.78 is 27.7. The summed E-state index contributed by atoms with van der Waals surface area (Å²) in [6.07, 6.45) is 0. The van der Waals surface area contributed by atoms with E-state index in [4.69, 9.17) is 5.11 Å². The highest BCUT2D eigenvalue weighted by atomic mass is 127. The number of hydrogen-bond acceptors (Lipinski definition) is 4. The minimum absolute atomic E-state index is 0.0262. The van der Waals surface area contributed by atoms with Crippen molar-refractivity contribution in [3.8, 4) is 0 Å². The summed E-state index contributed by atoms with van der Waals surface area (Å²) in [4.78, 5) is 11.0. The summed E-state index contributed by atoms with van der Waals surface area (Å²) in [5.41, 5.74) is 0.842. The van der Waals surface area contributed by atoms with Crippen LogP contribution in [0.5, 0.6) is 0 Å². The molecule has 2 N–H and O–H groups in total. The van der Waals surface area contributed by atoms with Crippen molar-refractivity contribution in [1.82, 2.24) is 4.72 Å². The van der Waals surface area contributed by atoms with Gasteiger partial charge in [-0.3, -0.25) is 0 Å². The first-order valence-electron chi connectivity index (χ1n) is 5.88. The van der Waals surface area contributed by atoms with Crippen LogP contribution in [0.1, 0.15) is 28.9 Å². The second-order valence-corrected chi connectivity index (χ2v) is 8.00. The summed E-state index contributed by atoms with van der Waals surface area (Å²) in [6.45, 7) is 1.74. The summed E-state index contributed by atoms with van der Waals surface area (Å²) in [7, 11) is -3.77. The van der Waals surface area contributed by atoms with E-state index < -0.39 is 16.0 Å². The van der Waals surface area contributed by atoms with E-state index in [0.29, 0.717) is 3.57 Å². The molecular weight excluding hydrogens is 425 g/mol. The molecule has 8 heteroatoms. The molecule has 1 unspecified atom stereocenters. The predicted molar refractivity (Wildman–Crippen MR) is 89.2 cm³/mol. The summed E-state index contributed by atoms with van der Waals surface area (Å²) in [6, 6.07) is 5.51. The predicted octanol–water partition coefficient (Wildman–Crippen LogP) is 3.09. The Morgan fingerprint density at radius 2 is 2.10 bits per heavy atom. The molecule has 5 nitrogen and oxygen atoms in total. The molecule has 112 valence electrons. The van der Waals surface area contributed by atoms with Gasteiger partial charge in [0, 0.05) is 9.61 Å². The third-order valence-electron chi connectivity index (χ3n) is 2.85. The molecule has 1 heterocycles. The van der Waals surface area contributed by atoms with Crippen LogP contribution in [0.3, 0.4) is 0 Å². The molecule has 0 spiro atoms. The van der Waals surface area contributed by atoms with E-state index in [0.717, 1.165) is 5.56 Å². The van der Waals surface area contributed by atoms with E-state index in [9.17, 15) is 13.2 Å². The average molecular weight is 437 g/mol. The SMILES string of the molecule is CC(NS(=O)(=O)c1ccc(I)c(C(=O)O)c1)c1ccsc1. The Morgan fingerprint density at radius 3 is 2.67 bits per heavy atom. The molecule has 0 bridgehead atoms. The van der Waals surface area contributed by atoms with E-state index in [1.165, 1.54) is 29.5 Å². The zero-order valence-electron chi connectivity index (χ0n) is 10.9. The number of hydrogen-bond donors (Lipinski definition) is 2. The van der Waals surface area contributed by atoms with Gasteiger partial charge in [-0.05, 0) is 70.1 Å². The normalized spacial score (nSPS) is 13.0. The van der Waals surface area contributed by atoms with Crippen molar-refractivity contribution in [3.05, 3.63) is 49.7 Å². The molecule has 21 heavy (non-hydrogen) atoms. The number of thiophene rings is 1. The van der Waals surface area contributed by atoms with Gasteiger partial charge in [0.25, 0.3) is 0 Å². The fourth-order valence-electron chi connectivity index (χ4n) is 1.73. The van der Waals surface area contributed by atoms with Crippen LogP contribution in [-0.4, -0.2) is 19.5 Å². The van der Waals surface area contributed by atoms with Crippen LogP contribution in [0.15, 0.2) is 39.9 Å².